The van der Waals surface area contributed by atoms with E-state index in [1.807, 2.05) is 25.1 Å². The van der Waals surface area contributed by atoms with E-state index in [0.717, 1.165) is 12.2 Å². The molecule has 0 radical (unpaired) electrons. The maximum absolute atomic E-state index is 9.72. The zero-order valence-electron chi connectivity index (χ0n) is 9.36. The summed E-state index contributed by atoms with van der Waals surface area (Å²) in [6.45, 7) is 2.58. The monoisotopic (exact) mass is 206 g/mol. The van der Waals surface area contributed by atoms with Crippen LogP contribution in [0.2, 0.25) is 0 Å². The number of aliphatic hydroxyl groups excluding tert-OH is 1. The van der Waals surface area contributed by atoms with Crippen LogP contribution in [0.5, 0.6) is 0 Å². The predicted octanol–water partition coefficient (Wildman–Crippen LogP) is 2.42. The summed E-state index contributed by atoms with van der Waals surface area (Å²) in [7, 11) is 1.74. The fourth-order valence-electron chi connectivity index (χ4n) is 2.26. The van der Waals surface area contributed by atoms with Gasteiger partial charge in [-0.2, -0.15) is 0 Å². The fourth-order valence-corrected chi connectivity index (χ4v) is 2.26. The van der Waals surface area contributed by atoms with Gasteiger partial charge >= 0.3 is 0 Å². The van der Waals surface area contributed by atoms with Crippen molar-refractivity contribution in [2.75, 3.05) is 13.7 Å². The summed E-state index contributed by atoms with van der Waals surface area (Å²) < 4.78 is 5.28. The summed E-state index contributed by atoms with van der Waals surface area (Å²) in [5, 5.41) is 9.72. The number of benzene rings is 1. The molecule has 1 N–H and O–H groups in total. The Morgan fingerprint density at radius 3 is 2.60 bits per heavy atom. The molecule has 2 nitrogen and oxygen atoms in total. The quantitative estimate of drug-likeness (QED) is 0.819. The summed E-state index contributed by atoms with van der Waals surface area (Å²) in [6.07, 6.45) is 1.95. The molecule has 1 aromatic rings. The maximum atomic E-state index is 9.72. The third-order valence-corrected chi connectivity index (χ3v) is 3.26. The Hall–Kier alpha value is -0.860. The molecule has 15 heavy (non-hydrogen) atoms. The molecule has 0 saturated heterocycles. The van der Waals surface area contributed by atoms with E-state index in [2.05, 4.69) is 6.07 Å². The molecular formula is C13H18O2. The van der Waals surface area contributed by atoms with Gasteiger partial charge in [0, 0.05) is 12.5 Å². The van der Waals surface area contributed by atoms with Gasteiger partial charge in [-0.15, -0.1) is 0 Å². The second kappa shape index (κ2) is 3.95. The van der Waals surface area contributed by atoms with Gasteiger partial charge in [0.1, 0.15) is 0 Å². The molecule has 1 saturated carbocycles. The minimum Gasteiger partial charge on any atom is -0.389 e. The van der Waals surface area contributed by atoms with Gasteiger partial charge < -0.3 is 9.84 Å². The normalized spacial score (nSPS) is 19.9. The lowest BCUT2D eigenvalue weighted by atomic mass is 9.90. The van der Waals surface area contributed by atoms with Crippen LogP contribution in [0.3, 0.4) is 0 Å². The molecule has 1 unspecified atom stereocenters. The highest BCUT2D eigenvalue weighted by atomic mass is 16.5. The highest BCUT2D eigenvalue weighted by Gasteiger charge is 2.45. The molecule has 1 atom stereocenters. The molecule has 1 fully saturated rings. The van der Waals surface area contributed by atoms with Crippen molar-refractivity contribution in [3.63, 3.8) is 0 Å². The van der Waals surface area contributed by atoms with Crippen LogP contribution >= 0.6 is 0 Å². The SMILES string of the molecule is COCC1(c2ccccc2C(C)O)CC1. The molecule has 0 aromatic heterocycles. The number of ether oxygens (including phenoxy) is 1. The van der Waals surface area contributed by atoms with Crippen LogP contribution in [0.25, 0.3) is 0 Å². The van der Waals surface area contributed by atoms with Gasteiger partial charge in [-0.3, -0.25) is 0 Å². The van der Waals surface area contributed by atoms with Gasteiger partial charge in [-0.25, -0.2) is 0 Å². The molecule has 0 spiro atoms. The lowest BCUT2D eigenvalue weighted by Gasteiger charge is -2.20. The largest absolute Gasteiger partial charge is 0.389 e. The average molecular weight is 206 g/mol. The molecule has 1 aliphatic rings. The van der Waals surface area contributed by atoms with Crippen molar-refractivity contribution in [1.29, 1.82) is 0 Å². The minimum absolute atomic E-state index is 0.183. The summed E-state index contributed by atoms with van der Waals surface area (Å²) in [5.74, 6) is 0. The van der Waals surface area contributed by atoms with Crippen LogP contribution < -0.4 is 0 Å². The van der Waals surface area contributed by atoms with Gasteiger partial charge in [-0.05, 0) is 30.9 Å². The molecule has 0 aliphatic heterocycles. The molecule has 1 aromatic carbocycles. The lowest BCUT2D eigenvalue weighted by molar-refractivity contribution is 0.166. The van der Waals surface area contributed by atoms with Crippen molar-refractivity contribution in [2.24, 2.45) is 0 Å². The zero-order chi connectivity index (χ0) is 10.9. The van der Waals surface area contributed by atoms with Crippen molar-refractivity contribution in [3.8, 4) is 0 Å². The van der Waals surface area contributed by atoms with Crippen LogP contribution in [0.15, 0.2) is 24.3 Å². The Morgan fingerprint density at radius 1 is 1.40 bits per heavy atom. The van der Waals surface area contributed by atoms with E-state index >= 15 is 0 Å². The van der Waals surface area contributed by atoms with E-state index in [1.165, 1.54) is 18.4 Å². The van der Waals surface area contributed by atoms with E-state index in [1.54, 1.807) is 7.11 Å². The van der Waals surface area contributed by atoms with Crippen molar-refractivity contribution in [3.05, 3.63) is 35.4 Å². The van der Waals surface area contributed by atoms with Gasteiger partial charge in [0.25, 0.3) is 0 Å². The van der Waals surface area contributed by atoms with Gasteiger partial charge in [0.05, 0.1) is 12.7 Å². The maximum Gasteiger partial charge on any atom is 0.0764 e. The van der Waals surface area contributed by atoms with E-state index in [0.29, 0.717) is 0 Å². The Labute approximate surface area is 90.9 Å². The first-order chi connectivity index (χ1) is 7.19. The number of methoxy groups -OCH3 is 1. The van der Waals surface area contributed by atoms with Crippen molar-refractivity contribution >= 4 is 0 Å². The Morgan fingerprint density at radius 2 is 2.07 bits per heavy atom. The Kier molecular flexibility index (Phi) is 2.81. The van der Waals surface area contributed by atoms with Gasteiger partial charge in [0.15, 0.2) is 0 Å². The highest BCUT2D eigenvalue weighted by molar-refractivity contribution is 5.39. The average Bonchev–Trinajstić information content (AvgIpc) is 2.99. The van der Waals surface area contributed by atoms with Crippen LogP contribution in [-0.2, 0) is 10.2 Å². The highest BCUT2D eigenvalue weighted by Crippen LogP contribution is 2.50. The summed E-state index contributed by atoms with van der Waals surface area (Å²) >= 11 is 0. The van der Waals surface area contributed by atoms with E-state index in [9.17, 15) is 5.11 Å². The number of rotatable bonds is 4. The van der Waals surface area contributed by atoms with Crippen molar-refractivity contribution < 1.29 is 9.84 Å². The van der Waals surface area contributed by atoms with Crippen molar-refractivity contribution in [2.45, 2.75) is 31.3 Å². The Bertz CT molecular complexity index is 340. The first kappa shape index (κ1) is 10.7. The number of hydrogen-bond acceptors (Lipinski definition) is 2. The van der Waals surface area contributed by atoms with Crippen LogP contribution in [-0.4, -0.2) is 18.8 Å². The molecule has 2 heteroatoms. The van der Waals surface area contributed by atoms with E-state index in [4.69, 9.17) is 4.74 Å². The smallest absolute Gasteiger partial charge is 0.0764 e. The second-order valence-electron chi connectivity index (χ2n) is 4.48. The molecule has 82 valence electrons. The third-order valence-electron chi connectivity index (χ3n) is 3.26. The van der Waals surface area contributed by atoms with Crippen LogP contribution in [0.4, 0.5) is 0 Å². The first-order valence-electron chi connectivity index (χ1n) is 5.46. The van der Waals surface area contributed by atoms with Gasteiger partial charge in [-0.1, -0.05) is 24.3 Å². The second-order valence-corrected chi connectivity index (χ2v) is 4.48. The topological polar surface area (TPSA) is 29.5 Å². The number of hydrogen-bond donors (Lipinski definition) is 1. The standard InChI is InChI=1S/C13H18O2/c1-10(14)11-5-3-4-6-12(11)13(7-8-13)9-15-2/h3-6,10,14H,7-9H2,1-2H3. The van der Waals surface area contributed by atoms with Crippen LogP contribution in [0, 0.1) is 0 Å². The molecule has 0 bridgehead atoms. The first-order valence-corrected chi connectivity index (χ1v) is 5.46. The van der Waals surface area contributed by atoms with Crippen molar-refractivity contribution in [1.82, 2.24) is 0 Å². The van der Waals surface area contributed by atoms with E-state index in [-0.39, 0.29) is 5.41 Å². The summed E-state index contributed by atoms with van der Waals surface area (Å²) in [5.41, 5.74) is 2.50. The zero-order valence-corrected chi connectivity index (χ0v) is 9.36. The molecule has 0 heterocycles. The van der Waals surface area contributed by atoms with Gasteiger partial charge in [0.2, 0.25) is 0 Å². The number of aliphatic hydroxyl groups is 1. The summed E-state index contributed by atoms with van der Waals surface area (Å²) in [4.78, 5) is 0. The lowest BCUT2D eigenvalue weighted by Crippen LogP contribution is -2.17. The molecule has 1 aliphatic carbocycles. The molecule has 0 amide bonds. The fraction of sp³-hybridized carbons (Fsp3) is 0.538. The Balaban J connectivity index is 2.35. The van der Waals surface area contributed by atoms with E-state index < -0.39 is 6.10 Å². The molecule has 2 rings (SSSR count). The van der Waals surface area contributed by atoms with Crippen LogP contribution in [0.1, 0.15) is 37.0 Å². The summed E-state index contributed by atoms with van der Waals surface area (Å²) in [6, 6.07) is 8.15. The molecular weight excluding hydrogens is 188 g/mol. The third kappa shape index (κ3) is 1.92. The predicted molar refractivity (Wildman–Crippen MR) is 59.9 cm³/mol. The minimum atomic E-state index is -0.393.